The molecule has 0 unspecified atom stereocenters. The minimum atomic E-state index is 0.590. The number of nitrogens with zero attached hydrogens (tertiary/aromatic N) is 2. The summed E-state index contributed by atoms with van der Waals surface area (Å²) >= 11 is 0. The highest BCUT2D eigenvalue weighted by atomic mass is 16.5. The Morgan fingerprint density at radius 2 is 1.33 bits per heavy atom. The van der Waals surface area contributed by atoms with Crippen LogP contribution in [0.25, 0.3) is 0 Å². The third-order valence-electron chi connectivity index (χ3n) is 7.70. The number of likely N-dealkylation sites (tertiary alicyclic amines) is 2. The zero-order chi connectivity index (χ0) is 19.9. The van der Waals surface area contributed by atoms with Crippen molar-refractivity contribution < 1.29 is 4.74 Å². The predicted molar refractivity (Wildman–Crippen MR) is 117 cm³/mol. The van der Waals surface area contributed by atoms with Crippen molar-refractivity contribution in [1.82, 2.24) is 9.80 Å². The quantitative estimate of drug-likeness (QED) is 0.658. The van der Waals surface area contributed by atoms with E-state index in [0.29, 0.717) is 6.10 Å². The molecule has 0 aromatic heterocycles. The molecule has 3 nitrogen and oxygen atoms in total. The Labute approximate surface area is 170 Å². The first-order valence-electron chi connectivity index (χ1n) is 12.1. The molecule has 0 amide bonds. The van der Waals surface area contributed by atoms with E-state index in [-0.39, 0.29) is 0 Å². The number of rotatable bonds is 4. The Morgan fingerprint density at radius 1 is 0.778 bits per heavy atom. The number of piperidine rings is 2. The average Bonchev–Trinajstić information content (AvgIpc) is 2.66. The Balaban J connectivity index is 0.000000614. The zero-order valence-electron chi connectivity index (χ0n) is 19.3. The fourth-order valence-corrected chi connectivity index (χ4v) is 6.01. The first-order chi connectivity index (χ1) is 13.2. The largest absolute Gasteiger partial charge is 0.381 e. The lowest BCUT2D eigenvalue weighted by atomic mass is 9.48. The summed E-state index contributed by atoms with van der Waals surface area (Å²) in [6.45, 7) is 14.8. The highest BCUT2D eigenvalue weighted by Crippen LogP contribution is 2.62. The number of hydrogen-bond acceptors (Lipinski definition) is 3. The van der Waals surface area contributed by atoms with Gasteiger partial charge in [-0.3, -0.25) is 0 Å². The van der Waals surface area contributed by atoms with Gasteiger partial charge in [-0.15, -0.1) is 0 Å². The van der Waals surface area contributed by atoms with Gasteiger partial charge in [-0.05, 0) is 108 Å². The van der Waals surface area contributed by atoms with E-state index < -0.39 is 0 Å². The van der Waals surface area contributed by atoms with Crippen LogP contribution >= 0.6 is 0 Å². The molecule has 0 bridgehead atoms. The van der Waals surface area contributed by atoms with Crippen molar-refractivity contribution in [2.75, 3.05) is 46.9 Å². The summed E-state index contributed by atoms with van der Waals surface area (Å²) in [7, 11) is 4.15. The second-order valence-corrected chi connectivity index (χ2v) is 9.32. The lowest BCUT2D eigenvalue weighted by Crippen LogP contribution is -2.53. The molecule has 4 aliphatic rings. The average molecular weight is 381 g/mol. The molecule has 27 heavy (non-hydrogen) atoms. The van der Waals surface area contributed by atoms with Gasteiger partial charge in [-0.25, -0.2) is 0 Å². The van der Waals surface area contributed by atoms with E-state index in [2.05, 4.69) is 16.8 Å². The Hall–Kier alpha value is -0.120. The predicted octanol–water partition coefficient (Wildman–Crippen LogP) is 5.30. The summed E-state index contributed by atoms with van der Waals surface area (Å²) in [4.78, 5) is 5.27. The van der Waals surface area contributed by atoms with Crippen molar-refractivity contribution in [2.45, 2.75) is 85.2 Å². The van der Waals surface area contributed by atoms with Gasteiger partial charge in [-0.2, -0.15) is 0 Å². The molecule has 2 aliphatic carbocycles. The molecule has 2 heterocycles. The topological polar surface area (TPSA) is 15.7 Å². The molecule has 2 aliphatic heterocycles. The van der Waals surface area contributed by atoms with E-state index in [9.17, 15) is 0 Å². The molecule has 2 saturated carbocycles. The van der Waals surface area contributed by atoms with Gasteiger partial charge in [0, 0.05) is 13.7 Å². The van der Waals surface area contributed by atoms with E-state index in [1.807, 2.05) is 34.8 Å². The first-order valence-corrected chi connectivity index (χ1v) is 12.1. The Kier molecular flexibility index (Phi) is 9.58. The lowest BCUT2D eigenvalue weighted by Gasteiger charge is -2.59. The van der Waals surface area contributed by atoms with Gasteiger partial charge in [0.1, 0.15) is 0 Å². The van der Waals surface area contributed by atoms with Crippen LogP contribution in [-0.2, 0) is 4.74 Å². The molecule has 0 aromatic carbocycles. The van der Waals surface area contributed by atoms with Crippen LogP contribution in [0.1, 0.15) is 79.1 Å². The minimum Gasteiger partial charge on any atom is -0.381 e. The molecule has 2 saturated heterocycles. The second-order valence-electron chi connectivity index (χ2n) is 9.32. The number of ether oxygens (including phenoxy) is 1. The summed E-state index contributed by atoms with van der Waals surface area (Å²) in [5.41, 5.74) is 0.733. The van der Waals surface area contributed by atoms with E-state index in [4.69, 9.17) is 4.74 Å². The van der Waals surface area contributed by atoms with Crippen molar-refractivity contribution in [3.8, 4) is 0 Å². The molecule has 4 rings (SSSR count). The van der Waals surface area contributed by atoms with Crippen LogP contribution in [0.15, 0.2) is 0 Å². The molecule has 0 radical (unpaired) electrons. The molecule has 0 N–H and O–H groups in total. The monoisotopic (exact) mass is 380 g/mol. The first kappa shape index (κ1) is 23.2. The zero-order valence-corrected chi connectivity index (χ0v) is 19.3. The van der Waals surface area contributed by atoms with Crippen LogP contribution in [0.4, 0.5) is 0 Å². The van der Waals surface area contributed by atoms with E-state index in [1.54, 1.807) is 0 Å². The van der Waals surface area contributed by atoms with Gasteiger partial charge in [0.05, 0.1) is 6.10 Å². The fourth-order valence-electron chi connectivity index (χ4n) is 6.01. The molecule has 160 valence electrons. The molecule has 1 spiro atoms. The summed E-state index contributed by atoms with van der Waals surface area (Å²) in [6, 6.07) is 0. The standard InChI is InChI=1S/C20H36N2O.2C2H6/c1-21-7-3-16(4-8-21)15-22-9-5-17(6-10-22)18-11-20(12-18)13-19(14-20)23-2;2*1-2/h16-19H,3-15H2,1-2H3;2*1-2H3. The van der Waals surface area contributed by atoms with Crippen LogP contribution in [0.5, 0.6) is 0 Å². The molecule has 0 aromatic rings. The normalized spacial score (nSPS) is 35.3. The molecule has 3 heteroatoms. The van der Waals surface area contributed by atoms with Crippen molar-refractivity contribution in [3.05, 3.63) is 0 Å². The van der Waals surface area contributed by atoms with Gasteiger partial charge in [-0.1, -0.05) is 27.7 Å². The summed E-state index contributed by atoms with van der Waals surface area (Å²) in [6.07, 6.45) is 12.1. The van der Waals surface area contributed by atoms with E-state index in [0.717, 1.165) is 23.2 Å². The SMILES string of the molecule is CC.CC.COC1CC2(C1)CC(C1CCN(CC3CCN(C)CC3)CC1)C2. The highest BCUT2D eigenvalue weighted by molar-refractivity contribution is 5.05. The van der Waals surface area contributed by atoms with Crippen molar-refractivity contribution >= 4 is 0 Å². The third-order valence-corrected chi connectivity index (χ3v) is 7.70. The van der Waals surface area contributed by atoms with E-state index >= 15 is 0 Å². The summed E-state index contributed by atoms with van der Waals surface area (Å²) < 4.78 is 5.48. The maximum atomic E-state index is 5.48. The molecular formula is C24H48N2O. The molecular weight excluding hydrogens is 332 g/mol. The maximum Gasteiger partial charge on any atom is 0.0582 e. The van der Waals surface area contributed by atoms with Gasteiger partial charge >= 0.3 is 0 Å². The highest BCUT2D eigenvalue weighted by Gasteiger charge is 2.54. The summed E-state index contributed by atoms with van der Waals surface area (Å²) in [5.74, 6) is 3.06. The maximum absolute atomic E-state index is 5.48. The smallest absolute Gasteiger partial charge is 0.0582 e. The van der Waals surface area contributed by atoms with Gasteiger partial charge < -0.3 is 14.5 Å². The van der Waals surface area contributed by atoms with Crippen LogP contribution in [0.3, 0.4) is 0 Å². The van der Waals surface area contributed by atoms with Crippen molar-refractivity contribution in [3.63, 3.8) is 0 Å². The van der Waals surface area contributed by atoms with Crippen molar-refractivity contribution in [1.29, 1.82) is 0 Å². The third kappa shape index (κ3) is 5.93. The molecule has 4 fully saturated rings. The van der Waals surface area contributed by atoms with E-state index in [1.165, 1.54) is 84.1 Å². The van der Waals surface area contributed by atoms with Crippen LogP contribution in [0.2, 0.25) is 0 Å². The number of hydrogen-bond donors (Lipinski definition) is 0. The minimum absolute atomic E-state index is 0.590. The van der Waals surface area contributed by atoms with Crippen LogP contribution < -0.4 is 0 Å². The van der Waals surface area contributed by atoms with Gasteiger partial charge in [0.25, 0.3) is 0 Å². The fraction of sp³-hybridized carbons (Fsp3) is 1.00. The molecule has 0 atom stereocenters. The van der Waals surface area contributed by atoms with Gasteiger partial charge in [0.15, 0.2) is 0 Å². The summed E-state index contributed by atoms with van der Waals surface area (Å²) in [5, 5.41) is 0. The van der Waals surface area contributed by atoms with Crippen LogP contribution in [-0.4, -0.2) is 62.8 Å². The Morgan fingerprint density at radius 3 is 1.85 bits per heavy atom. The van der Waals surface area contributed by atoms with Crippen LogP contribution in [0, 0.1) is 23.2 Å². The van der Waals surface area contributed by atoms with Gasteiger partial charge in [0.2, 0.25) is 0 Å². The Bertz CT molecular complexity index is 383. The van der Waals surface area contributed by atoms with Crippen molar-refractivity contribution in [2.24, 2.45) is 23.2 Å². The number of methoxy groups -OCH3 is 1. The lowest BCUT2D eigenvalue weighted by molar-refractivity contribution is -0.141. The second kappa shape index (κ2) is 11.2.